The third kappa shape index (κ3) is 1.56. The van der Waals surface area contributed by atoms with E-state index in [1.807, 2.05) is 19.1 Å². The van der Waals surface area contributed by atoms with Gasteiger partial charge in [0.2, 0.25) is 0 Å². The molecule has 1 aliphatic rings. The van der Waals surface area contributed by atoms with Gasteiger partial charge in [0.25, 0.3) is 5.91 Å². The average molecular weight is 219 g/mol. The van der Waals surface area contributed by atoms with Crippen LogP contribution >= 0.6 is 0 Å². The van der Waals surface area contributed by atoms with Crippen molar-refractivity contribution >= 4 is 11.9 Å². The fourth-order valence-corrected chi connectivity index (χ4v) is 2.03. The van der Waals surface area contributed by atoms with Gasteiger partial charge in [-0.05, 0) is 18.6 Å². The topological polar surface area (TPSA) is 57.6 Å². The fourth-order valence-electron chi connectivity index (χ4n) is 2.03. The lowest BCUT2D eigenvalue weighted by molar-refractivity contribution is -0.142. The molecule has 0 saturated carbocycles. The van der Waals surface area contributed by atoms with Crippen LogP contribution in [0.15, 0.2) is 18.2 Å². The normalized spacial score (nSPS) is 19.5. The van der Waals surface area contributed by atoms with E-state index < -0.39 is 12.0 Å². The Labute approximate surface area is 93.5 Å². The van der Waals surface area contributed by atoms with Gasteiger partial charge in [0.1, 0.15) is 6.04 Å². The second-order valence-corrected chi connectivity index (χ2v) is 4.13. The Hall–Kier alpha value is -1.84. The number of aliphatic carboxylic acids is 1. The second kappa shape index (κ2) is 3.63. The number of carboxylic acid groups (broad SMARTS) is 1. The smallest absolute Gasteiger partial charge is 0.326 e. The molecule has 1 heterocycles. The Morgan fingerprint density at radius 2 is 2.19 bits per heavy atom. The molecule has 0 spiro atoms. The van der Waals surface area contributed by atoms with Gasteiger partial charge in [0.05, 0.1) is 0 Å². The van der Waals surface area contributed by atoms with Gasteiger partial charge < -0.3 is 10.0 Å². The number of fused-ring (bicyclic) bond motifs is 1. The number of amides is 1. The number of aryl methyl sites for hydroxylation is 1. The summed E-state index contributed by atoms with van der Waals surface area (Å²) in [5.41, 5.74) is 2.49. The van der Waals surface area contributed by atoms with E-state index in [0.717, 1.165) is 11.1 Å². The van der Waals surface area contributed by atoms with Crippen molar-refractivity contribution in [2.45, 2.75) is 19.4 Å². The first-order valence-corrected chi connectivity index (χ1v) is 5.10. The monoisotopic (exact) mass is 219 g/mol. The highest BCUT2D eigenvalue weighted by Gasteiger charge is 2.33. The van der Waals surface area contributed by atoms with E-state index in [4.69, 9.17) is 5.11 Å². The predicted molar refractivity (Wildman–Crippen MR) is 58.4 cm³/mol. The van der Waals surface area contributed by atoms with Crippen molar-refractivity contribution in [2.75, 3.05) is 7.05 Å². The van der Waals surface area contributed by atoms with E-state index in [1.165, 1.54) is 11.9 Å². The molecular weight excluding hydrogens is 206 g/mol. The molecule has 1 aromatic carbocycles. The van der Waals surface area contributed by atoms with Crippen LogP contribution in [0.5, 0.6) is 0 Å². The van der Waals surface area contributed by atoms with Crippen LogP contribution in [-0.4, -0.2) is 35.0 Å². The molecule has 1 unspecified atom stereocenters. The van der Waals surface area contributed by atoms with E-state index in [-0.39, 0.29) is 5.91 Å². The number of hydrogen-bond acceptors (Lipinski definition) is 2. The van der Waals surface area contributed by atoms with Crippen LogP contribution < -0.4 is 0 Å². The van der Waals surface area contributed by atoms with E-state index in [9.17, 15) is 9.59 Å². The summed E-state index contributed by atoms with van der Waals surface area (Å²) < 4.78 is 0. The van der Waals surface area contributed by atoms with Gasteiger partial charge in [-0.3, -0.25) is 4.79 Å². The summed E-state index contributed by atoms with van der Waals surface area (Å²) in [6.45, 7) is 1.93. The maximum absolute atomic E-state index is 11.9. The first kappa shape index (κ1) is 10.7. The number of rotatable bonds is 1. The first-order valence-electron chi connectivity index (χ1n) is 5.10. The van der Waals surface area contributed by atoms with Crippen molar-refractivity contribution in [3.05, 3.63) is 34.9 Å². The molecule has 4 heteroatoms. The molecule has 0 aromatic heterocycles. The largest absolute Gasteiger partial charge is 0.480 e. The van der Waals surface area contributed by atoms with Crippen molar-refractivity contribution in [1.29, 1.82) is 0 Å². The zero-order valence-electron chi connectivity index (χ0n) is 9.23. The highest BCUT2D eigenvalue weighted by atomic mass is 16.4. The molecule has 0 radical (unpaired) electrons. The summed E-state index contributed by atoms with van der Waals surface area (Å²) in [6, 6.07) is 4.77. The summed E-state index contributed by atoms with van der Waals surface area (Å²) >= 11 is 0. The Morgan fingerprint density at radius 1 is 1.50 bits per heavy atom. The third-order valence-electron chi connectivity index (χ3n) is 2.98. The van der Waals surface area contributed by atoms with Gasteiger partial charge in [0, 0.05) is 19.0 Å². The van der Waals surface area contributed by atoms with Crippen molar-refractivity contribution < 1.29 is 14.7 Å². The van der Waals surface area contributed by atoms with E-state index in [2.05, 4.69) is 0 Å². The van der Waals surface area contributed by atoms with Crippen LogP contribution in [0.3, 0.4) is 0 Å². The lowest BCUT2D eigenvalue weighted by Crippen LogP contribution is -2.47. The number of benzene rings is 1. The first-order chi connectivity index (χ1) is 7.50. The summed E-state index contributed by atoms with van der Waals surface area (Å²) in [4.78, 5) is 24.2. The van der Waals surface area contributed by atoms with E-state index in [0.29, 0.717) is 12.0 Å². The molecular formula is C12H13NO3. The molecule has 1 amide bonds. The molecule has 1 aliphatic heterocycles. The number of likely N-dealkylation sites (N-methyl/N-ethyl adjacent to an activating group) is 1. The van der Waals surface area contributed by atoms with Crippen LogP contribution in [0.1, 0.15) is 21.5 Å². The minimum Gasteiger partial charge on any atom is -0.480 e. The zero-order valence-corrected chi connectivity index (χ0v) is 9.23. The third-order valence-corrected chi connectivity index (χ3v) is 2.98. The quantitative estimate of drug-likeness (QED) is 0.768. The van der Waals surface area contributed by atoms with Gasteiger partial charge in [0.15, 0.2) is 0 Å². The van der Waals surface area contributed by atoms with Gasteiger partial charge in [-0.25, -0.2) is 4.79 Å². The highest BCUT2D eigenvalue weighted by molar-refractivity contribution is 5.99. The maximum atomic E-state index is 11.9. The van der Waals surface area contributed by atoms with Gasteiger partial charge >= 0.3 is 5.97 Å². The van der Waals surface area contributed by atoms with Crippen LogP contribution in [0.4, 0.5) is 0 Å². The molecule has 0 aliphatic carbocycles. The van der Waals surface area contributed by atoms with Crippen LogP contribution in [0, 0.1) is 6.92 Å². The fraction of sp³-hybridized carbons (Fsp3) is 0.333. The number of nitrogens with zero attached hydrogens (tertiary/aromatic N) is 1. The van der Waals surface area contributed by atoms with Crippen LogP contribution in [0.25, 0.3) is 0 Å². The van der Waals surface area contributed by atoms with Gasteiger partial charge in [-0.15, -0.1) is 0 Å². The SMILES string of the molecule is Cc1ccc2c(c1)CC(C(=O)O)N(C)C2=O. The van der Waals surface area contributed by atoms with Crippen LogP contribution in [0.2, 0.25) is 0 Å². The van der Waals surface area contributed by atoms with Crippen molar-refractivity contribution in [2.24, 2.45) is 0 Å². The second-order valence-electron chi connectivity index (χ2n) is 4.13. The van der Waals surface area contributed by atoms with Crippen LogP contribution in [-0.2, 0) is 11.2 Å². The molecule has 1 atom stereocenters. The molecule has 84 valence electrons. The minimum absolute atomic E-state index is 0.214. The number of carboxylic acids is 1. The minimum atomic E-state index is -0.956. The van der Waals surface area contributed by atoms with Gasteiger partial charge in [-0.1, -0.05) is 17.7 Å². The summed E-state index contributed by atoms with van der Waals surface area (Å²) in [5.74, 6) is -1.17. The van der Waals surface area contributed by atoms with Gasteiger partial charge in [-0.2, -0.15) is 0 Å². The van der Waals surface area contributed by atoms with E-state index >= 15 is 0 Å². The van der Waals surface area contributed by atoms with E-state index in [1.54, 1.807) is 6.07 Å². The number of carbonyl (C=O) groups is 2. The number of hydrogen-bond donors (Lipinski definition) is 1. The molecule has 4 nitrogen and oxygen atoms in total. The lowest BCUT2D eigenvalue weighted by Gasteiger charge is -2.31. The molecule has 0 fully saturated rings. The molecule has 16 heavy (non-hydrogen) atoms. The summed E-state index contributed by atoms with van der Waals surface area (Å²) in [7, 11) is 1.53. The molecule has 1 N–H and O–H groups in total. The molecule has 0 bridgehead atoms. The Kier molecular flexibility index (Phi) is 2.42. The average Bonchev–Trinajstić information content (AvgIpc) is 2.22. The lowest BCUT2D eigenvalue weighted by atomic mass is 9.92. The zero-order chi connectivity index (χ0) is 11.9. The summed E-state index contributed by atoms with van der Waals surface area (Å²) in [5, 5.41) is 9.03. The number of carbonyl (C=O) groups excluding carboxylic acids is 1. The standard InChI is InChI=1S/C12H13NO3/c1-7-3-4-9-8(5-7)6-10(12(15)16)13(2)11(9)14/h3-5,10H,6H2,1-2H3,(H,15,16). The predicted octanol–water partition coefficient (Wildman–Crippen LogP) is 1.08. The Bertz CT molecular complexity index is 467. The van der Waals surface area contributed by atoms with Crippen molar-refractivity contribution in [1.82, 2.24) is 4.90 Å². The Balaban J connectivity index is 2.48. The van der Waals surface area contributed by atoms with Crippen molar-refractivity contribution in [3.63, 3.8) is 0 Å². The summed E-state index contributed by atoms with van der Waals surface area (Å²) in [6.07, 6.45) is 0.384. The molecule has 1 aromatic rings. The van der Waals surface area contributed by atoms with Crippen molar-refractivity contribution in [3.8, 4) is 0 Å². The molecule has 0 saturated heterocycles. The molecule has 2 rings (SSSR count). The highest BCUT2D eigenvalue weighted by Crippen LogP contribution is 2.23. The Morgan fingerprint density at radius 3 is 2.81 bits per heavy atom. The maximum Gasteiger partial charge on any atom is 0.326 e.